The Morgan fingerprint density at radius 2 is 2.00 bits per heavy atom. The number of nitrogens with zero attached hydrogens (tertiary/aromatic N) is 4. The van der Waals surface area contributed by atoms with Gasteiger partial charge >= 0.3 is 0 Å². The van der Waals surface area contributed by atoms with Gasteiger partial charge < -0.3 is 4.52 Å². The van der Waals surface area contributed by atoms with Crippen LogP contribution in [0.3, 0.4) is 0 Å². The van der Waals surface area contributed by atoms with Gasteiger partial charge in [-0.05, 0) is 35.5 Å². The van der Waals surface area contributed by atoms with Gasteiger partial charge in [-0.25, -0.2) is 5.10 Å². The van der Waals surface area contributed by atoms with Crippen LogP contribution in [0, 0.1) is 0 Å². The third-order valence-electron chi connectivity index (χ3n) is 2.43. The molecule has 0 amide bonds. The zero-order valence-electron chi connectivity index (χ0n) is 8.63. The highest BCUT2D eigenvalue weighted by atomic mass is 79.9. The van der Waals surface area contributed by atoms with Crippen LogP contribution >= 0.6 is 15.9 Å². The molecule has 80 valence electrons. The predicted molar refractivity (Wildman–Crippen MR) is 62.8 cm³/mol. The summed E-state index contributed by atoms with van der Waals surface area (Å²) in [7, 11) is 1.81. The molecule has 5 heteroatoms. The molecule has 0 N–H and O–H groups in total. The van der Waals surface area contributed by atoms with Crippen LogP contribution in [-0.4, -0.2) is 9.73 Å². The zero-order valence-corrected chi connectivity index (χ0v) is 10.2. The lowest BCUT2D eigenvalue weighted by molar-refractivity contribution is -0.788. The molecule has 0 aliphatic heterocycles. The Morgan fingerprint density at radius 1 is 1.25 bits per heavy atom. The van der Waals surface area contributed by atoms with Crippen molar-refractivity contribution in [2.75, 3.05) is 0 Å². The molecule has 0 saturated heterocycles. The van der Waals surface area contributed by atoms with Crippen LogP contribution in [0.25, 0.3) is 16.8 Å². The molecule has 3 rings (SSSR count). The van der Waals surface area contributed by atoms with E-state index in [1.165, 1.54) is 0 Å². The van der Waals surface area contributed by atoms with Crippen LogP contribution in [0.1, 0.15) is 0 Å². The molecule has 0 radical (unpaired) electrons. The molecule has 0 saturated carbocycles. The van der Waals surface area contributed by atoms with Crippen molar-refractivity contribution in [3.05, 3.63) is 41.0 Å². The van der Waals surface area contributed by atoms with Crippen molar-refractivity contribution in [1.82, 2.24) is 14.8 Å². The molecule has 4 nitrogen and oxygen atoms in total. The van der Waals surface area contributed by atoms with E-state index in [-0.39, 0.29) is 0 Å². The predicted octanol–water partition coefficient (Wildman–Crippen LogP) is 1.55. The molecule has 0 fully saturated rings. The van der Waals surface area contributed by atoms with Gasteiger partial charge in [0, 0.05) is 4.47 Å². The largest absolute Gasteiger partial charge is 0.331 e. The van der Waals surface area contributed by atoms with Crippen LogP contribution in [0.2, 0.25) is 0 Å². The first-order valence-corrected chi connectivity index (χ1v) is 5.67. The molecule has 0 atom stereocenters. The van der Waals surface area contributed by atoms with Crippen LogP contribution in [0.5, 0.6) is 0 Å². The summed E-state index contributed by atoms with van der Waals surface area (Å²) < 4.78 is 2.86. The van der Waals surface area contributed by atoms with Gasteiger partial charge in [0.05, 0.1) is 12.7 Å². The Bertz CT molecular complexity index is 604. The highest BCUT2D eigenvalue weighted by Crippen LogP contribution is 2.22. The number of aryl methyl sites for hydroxylation is 1. The Hall–Kier alpha value is -1.62. The van der Waals surface area contributed by atoms with Crippen molar-refractivity contribution in [3.8, 4) is 11.1 Å². The minimum atomic E-state index is 0.861. The van der Waals surface area contributed by atoms with Crippen molar-refractivity contribution >= 4 is 21.6 Å². The Balaban J connectivity index is 2.11. The second-order valence-electron chi connectivity index (χ2n) is 3.62. The van der Waals surface area contributed by atoms with Gasteiger partial charge in [-0.2, -0.15) is 10.0 Å². The summed E-state index contributed by atoms with van der Waals surface area (Å²) in [5.41, 5.74) is 3.15. The number of halogens is 1. The Kier molecular flexibility index (Phi) is 2.07. The second kappa shape index (κ2) is 3.45. The SMILES string of the molecule is C[n+]1nn2cc(-c3ccc(Br)cc3)cc2[n-]1. The summed E-state index contributed by atoms with van der Waals surface area (Å²) in [5, 5.41) is 8.43. The standard InChI is InChI=1S/C11H9BrN4/c1-15-13-11-6-9(7-16(11)14-15)8-2-4-10(12)5-3-8/h2-7H,1H3. The minimum absolute atomic E-state index is 0.861. The topological polar surface area (TPSA) is 35.3 Å². The maximum Gasteiger partial charge on any atom is 0.0957 e. The van der Waals surface area contributed by atoms with E-state index in [0.29, 0.717) is 0 Å². The van der Waals surface area contributed by atoms with E-state index < -0.39 is 0 Å². The highest BCUT2D eigenvalue weighted by Gasteiger charge is 2.00. The number of hydrogen-bond donors (Lipinski definition) is 0. The Morgan fingerprint density at radius 3 is 2.69 bits per heavy atom. The number of tetrazole rings is 1. The third kappa shape index (κ3) is 1.53. The van der Waals surface area contributed by atoms with Crippen molar-refractivity contribution in [1.29, 1.82) is 0 Å². The zero-order chi connectivity index (χ0) is 11.1. The second-order valence-corrected chi connectivity index (χ2v) is 4.53. The summed E-state index contributed by atoms with van der Waals surface area (Å²) in [5.74, 6) is 0. The molecule has 0 aliphatic rings. The monoisotopic (exact) mass is 276 g/mol. The average Bonchev–Trinajstić information content (AvgIpc) is 2.75. The average molecular weight is 277 g/mol. The van der Waals surface area contributed by atoms with Gasteiger partial charge in [-0.1, -0.05) is 28.1 Å². The van der Waals surface area contributed by atoms with Crippen LogP contribution in [0.4, 0.5) is 0 Å². The molecule has 2 heterocycles. The van der Waals surface area contributed by atoms with Gasteiger partial charge in [0.25, 0.3) is 0 Å². The molecular formula is C11H9BrN4. The molecule has 1 aromatic carbocycles. The van der Waals surface area contributed by atoms with E-state index in [4.69, 9.17) is 0 Å². The fourth-order valence-electron chi connectivity index (χ4n) is 1.69. The summed E-state index contributed by atoms with van der Waals surface area (Å²) in [4.78, 5) is 1.56. The summed E-state index contributed by atoms with van der Waals surface area (Å²) in [6.45, 7) is 0. The smallest absolute Gasteiger partial charge is 0.0957 e. The normalized spacial score (nSPS) is 11.1. The van der Waals surface area contributed by atoms with Gasteiger partial charge in [0.1, 0.15) is 0 Å². The van der Waals surface area contributed by atoms with Crippen LogP contribution < -0.4 is 9.90 Å². The van der Waals surface area contributed by atoms with E-state index in [2.05, 4.69) is 38.4 Å². The van der Waals surface area contributed by atoms with Crippen molar-refractivity contribution in [2.24, 2.45) is 7.05 Å². The molecular weight excluding hydrogens is 268 g/mol. The molecule has 3 aromatic rings. The van der Waals surface area contributed by atoms with Gasteiger partial charge in [-0.15, -0.1) is 0 Å². The maximum atomic E-state index is 4.24. The third-order valence-corrected chi connectivity index (χ3v) is 2.96. The van der Waals surface area contributed by atoms with Gasteiger partial charge in [-0.3, -0.25) is 0 Å². The van der Waals surface area contributed by atoms with E-state index in [9.17, 15) is 0 Å². The fraction of sp³-hybridized carbons (Fsp3) is 0.0909. The van der Waals surface area contributed by atoms with Gasteiger partial charge in [0.15, 0.2) is 0 Å². The molecule has 0 spiro atoms. The molecule has 16 heavy (non-hydrogen) atoms. The minimum Gasteiger partial charge on any atom is -0.331 e. The summed E-state index contributed by atoms with van der Waals surface area (Å²) >= 11 is 3.42. The highest BCUT2D eigenvalue weighted by molar-refractivity contribution is 9.10. The van der Waals surface area contributed by atoms with Crippen molar-refractivity contribution < 1.29 is 4.80 Å². The number of aromatic nitrogens is 4. The van der Waals surface area contributed by atoms with Gasteiger partial charge in [0.2, 0.25) is 0 Å². The molecule has 0 bridgehead atoms. The van der Waals surface area contributed by atoms with E-state index >= 15 is 0 Å². The first kappa shape index (κ1) is 9.59. The maximum absolute atomic E-state index is 4.24. The lowest BCUT2D eigenvalue weighted by Crippen LogP contribution is -2.35. The van der Waals surface area contributed by atoms with E-state index in [1.54, 1.807) is 9.31 Å². The number of rotatable bonds is 1. The molecule has 2 aromatic heterocycles. The quantitative estimate of drug-likeness (QED) is 0.632. The first-order valence-electron chi connectivity index (χ1n) is 4.88. The number of fused-ring (bicyclic) bond motifs is 1. The van der Waals surface area contributed by atoms with Crippen LogP contribution in [-0.2, 0) is 7.05 Å². The lowest BCUT2D eigenvalue weighted by atomic mass is 10.1. The van der Waals surface area contributed by atoms with E-state index in [0.717, 1.165) is 21.2 Å². The summed E-state index contributed by atoms with van der Waals surface area (Å²) in [6.07, 6.45) is 1.98. The van der Waals surface area contributed by atoms with E-state index in [1.807, 2.05) is 31.4 Å². The first-order chi connectivity index (χ1) is 7.72. The van der Waals surface area contributed by atoms with Crippen LogP contribution in [0.15, 0.2) is 41.0 Å². The lowest BCUT2D eigenvalue weighted by Gasteiger charge is -1.98. The Labute approximate surface area is 101 Å². The fourth-order valence-corrected chi connectivity index (χ4v) is 1.96. The summed E-state index contributed by atoms with van der Waals surface area (Å²) in [6, 6.07) is 10.2. The number of benzene rings is 1. The van der Waals surface area contributed by atoms with Crippen molar-refractivity contribution in [3.63, 3.8) is 0 Å². The molecule has 0 aliphatic carbocycles. The van der Waals surface area contributed by atoms with Crippen molar-refractivity contribution in [2.45, 2.75) is 0 Å². The number of hydrogen-bond acceptors (Lipinski definition) is 1. The molecule has 0 unspecified atom stereocenters.